The Hall–Kier alpha value is -3.23. The van der Waals surface area contributed by atoms with Gasteiger partial charge in [-0.05, 0) is 60.9 Å². The number of halogens is 1. The molecule has 3 aromatic rings. The number of ether oxygens (including phenoxy) is 1. The molecule has 3 rings (SSSR count). The molecule has 2 atom stereocenters. The van der Waals surface area contributed by atoms with Gasteiger partial charge in [-0.3, -0.25) is 4.79 Å². The zero-order valence-corrected chi connectivity index (χ0v) is 18.6. The van der Waals surface area contributed by atoms with Crippen molar-refractivity contribution in [3.8, 4) is 5.75 Å². The molecule has 32 heavy (non-hydrogen) atoms. The Bertz CT molecular complexity index is 1130. The lowest BCUT2D eigenvalue weighted by molar-refractivity contribution is -0.123. The zero-order chi connectivity index (χ0) is 23.1. The van der Waals surface area contributed by atoms with Crippen molar-refractivity contribution in [2.45, 2.75) is 30.3 Å². The third kappa shape index (κ3) is 6.15. The minimum atomic E-state index is -4.04. The molecule has 0 aliphatic carbocycles. The lowest BCUT2D eigenvalue weighted by Gasteiger charge is -2.22. The van der Waals surface area contributed by atoms with Crippen LogP contribution in [0.2, 0.25) is 0 Å². The number of nitrogens with one attached hydrogen (secondary N) is 2. The summed E-state index contributed by atoms with van der Waals surface area (Å²) in [6.07, 6.45) is 0.155. The Kier molecular flexibility index (Phi) is 7.61. The molecular formula is C24H25FN2O4S. The Morgan fingerprint density at radius 3 is 2.19 bits per heavy atom. The third-order valence-electron chi connectivity index (χ3n) is 5.00. The van der Waals surface area contributed by atoms with E-state index >= 15 is 0 Å². The first kappa shape index (κ1) is 23.4. The molecule has 0 bridgehead atoms. The smallest absolute Gasteiger partial charge is 0.241 e. The van der Waals surface area contributed by atoms with E-state index in [0.29, 0.717) is 5.75 Å². The summed E-state index contributed by atoms with van der Waals surface area (Å²) >= 11 is 0. The van der Waals surface area contributed by atoms with E-state index in [1.165, 1.54) is 0 Å². The van der Waals surface area contributed by atoms with Gasteiger partial charge in [0.1, 0.15) is 17.6 Å². The van der Waals surface area contributed by atoms with E-state index in [0.717, 1.165) is 35.4 Å². The van der Waals surface area contributed by atoms with Gasteiger partial charge < -0.3 is 10.1 Å². The highest BCUT2D eigenvalue weighted by Gasteiger charge is 2.27. The zero-order valence-electron chi connectivity index (χ0n) is 17.8. The number of methoxy groups -OCH3 is 1. The highest BCUT2D eigenvalue weighted by Crippen LogP contribution is 2.18. The SMILES string of the molecule is COc1ccc(C(C)NC(=O)C(Cc2ccccc2)NS(=O)(=O)c2ccc(F)cc2)cc1. The molecule has 6 nitrogen and oxygen atoms in total. The molecule has 2 unspecified atom stereocenters. The number of amides is 1. The van der Waals surface area contributed by atoms with Gasteiger partial charge in [0.25, 0.3) is 0 Å². The minimum Gasteiger partial charge on any atom is -0.497 e. The molecule has 0 aliphatic heterocycles. The van der Waals surface area contributed by atoms with Crippen molar-refractivity contribution in [2.24, 2.45) is 0 Å². The number of carbonyl (C=O) groups is 1. The number of hydrogen-bond donors (Lipinski definition) is 2. The Morgan fingerprint density at radius 1 is 0.969 bits per heavy atom. The summed E-state index contributed by atoms with van der Waals surface area (Å²) in [5.74, 6) is -0.319. The Labute approximate surface area is 187 Å². The van der Waals surface area contributed by atoms with Crippen LogP contribution in [0.1, 0.15) is 24.1 Å². The maximum absolute atomic E-state index is 13.2. The van der Waals surface area contributed by atoms with Crippen molar-refractivity contribution in [1.29, 1.82) is 0 Å². The lowest BCUT2D eigenvalue weighted by atomic mass is 10.0. The van der Waals surface area contributed by atoms with Crippen LogP contribution in [0, 0.1) is 5.82 Å². The van der Waals surface area contributed by atoms with Crippen molar-refractivity contribution in [1.82, 2.24) is 10.0 Å². The van der Waals surface area contributed by atoms with Gasteiger partial charge in [0, 0.05) is 0 Å². The average Bonchev–Trinajstić information content (AvgIpc) is 2.79. The van der Waals surface area contributed by atoms with E-state index in [1.54, 1.807) is 19.2 Å². The van der Waals surface area contributed by atoms with Gasteiger partial charge in [-0.25, -0.2) is 12.8 Å². The van der Waals surface area contributed by atoms with Crippen LogP contribution in [0.3, 0.4) is 0 Å². The predicted molar refractivity (Wildman–Crippen MR) is 120 cm³/mol. The molecule has 0 radical (unpaired) electrons. The highest BCUT2D eigenvalue weighted by atomic mass is 32.2. The maximum Gasteiger partial charge on any atom is 0.241 e. The molecular weight excluding hydrogens is 431 g/mol. The molecule has 0 spiro atoms. The van der Waals surface area contributed by atoms with Crippen molar-refractivity contribution in [2.75, 3.05) is 7.11 Å². The Balaban J connectivity index is 1.81. The lowest BCUT2D eigenvalue weighted by Crippen LogP contribution is -2.48. The van der Waals surface area contributed by atoms with Crippen LogP contribution in [0.25, 0.3) is 0 Å². The molecule has 2 N–H and O–H groups in total. The fraction of sp³-hybridized carbons (Fsp3) is 0.208. The quantitative estimate of drug-likeness (QED) is 0.515. The summed E-state index contributed by atoms with van der Waals surface area (Å²) < 4.78 is 46.5. The standard InChI is InChI=1S/C24H25FN2O4S/c1-17(19-8-12-21(31-2)13-9-19)26-24(28)23(16-18-6-4-3-5-7-18)27-32(29,30)22-14-10-20(25)11-15-22/h3-15,17,23,27H,16H2,1-2H3,(H,26,28). The van der Waals surface area contributed by atoms with Crippen molar-refractivity contribution in [3.05, 3.63) is 95.8 Å². The summed E-state index contributed by atoms with van der Waals surface area (Å²) in [5, 5.41) is 2.87. The largest absolute Gasteiger partial charge is 0.497 e. The molecule has 8 heteroatoms. The normalized spacial score (nSPS) is 13.2. The molecule has 0 saturated carbocycles. The minimum absolute atomic E-state index is 0.118. The van der Waals surface area contributed by atoms with E-state index in [2.05, 4.69) is 10.0 Å². The van der Waals surface area contributed by atoms with Crippen LogP contribution in [0.15, 0.2) is 83.8 Å². The molecule has 0 aliphatic rings. The number of carbonyl (C=O) groups excluding carboxylic acids is 1. The summed E-state index contributed by atoms with van der Waals surface area (Å²) in [6.45, 7) is 1.81. The van der Waals surface area contributed by atoms with Crippen LogP contribution < -0.4 is 14.8 Å². The third-order valence-corrected chi connectivity index (χ3v) is 6.48. The van der Waals surface area contributed by atoms with Crippen molar-refractivity contribution >= 4 is 15.9 Å². The molecule has 1 amide bonds. The second kappa shape index (κ2) is 10.4. The average molecular weight is 457 g/mol. The highest BCUT2D eigenvalue weighted by molar-refractivity contribution is 7.89. The van der Waals surface area contributed by atoms with E-state index in [1.807, 2.05) is 49.4 Å². The predicted octanol–water partition coefficient (Wildman–Crippen LogP) is 3.60. The monoisotopic (exact) mass is 456 g/mol. The van der Waals surface area contributed by atoms with Gasteiger partial charge in [0.05, 0.1) is 18.0 Å². The van der Waals surface area contributed by atoms with Crippen LogP contribution in [-0.4, -0.2) is 27.5 Å². The number of benzene rings is 3. The molecule has 0 aromatic heterocycles. The first-order valence-corrected chi connectivity index (χ1v) is 11.5. The second-order valence-electron chi connectivity index (χ2n) is 7.32. The summed E-state index contributed by atoms with van der Waals surface area (Å²) in [7, 11) is -2.47. The van der Waals surface area contributed by atoms with Gasteiger partial charge in [-0.15, -0.1) is 0 Å². The van der Waals surface area contributed by atoms with Crippen LogP contribution >= 0.6 is 0 Å². The van der Waals surface area contributed by atoms with E-state index in [9.17, 15) is 17.6 Å². The molecule has 0 heterocycles. The number of rotatable bonds is 9. The van der Waals surface area contributed by atoms with Crippen molar-refractivity contribution < 1.29 is 22.3 Å². The second-order valence-corrected chi connectivity index (χ2v) is 9.03. The first-order valence-electron chi connectivity index (χ1n) is 10.0. The molecule has 0 saturated heterocycles. The van der Waals surface area contributed by atoms with Crippen LogP contribution in [0.4, 0.5) is 4.39 Å². The van der Waals surface area contributed by atoms with Crippen LogP contribution in [-0.2, 0) is 21.2 Å². The van der Waals surface area contributed by atoms with Gasteiger partial charge >= 0.3 is 0 Å². The topological polar surface area (TPSA) is 84.5 Å². The summed E-state index contributed by atoms with van der Waals surface area (Å²) in [6, 6.07) is 19.4. The first-order chi connectivity index (χ1) is 15.3. The fourth-order valence-corrected chi connectivity index (χ4v) is 4.39. The fourth-order valence-electron chi connectivity index (χ4n) is 3.20. The Morgan fingerprint density at radius 2 is 1.59 bits per heavy atom. The van der Waals surface area contributed by atoms with E-state index < -0.39 is 27.8 Å². The number of hydrogen-bond acceptors (Lipinski definition) is 4. The van der Waals surface area contributed by atoms with Gasteiger partial charge in [-0.2, -0.15) is 4.72 Å². The molecule has 3 aromatic carbocycles. The number of sulfonamides is 1. The van der Waals surface area contributed by atoms with E-state index in [4.69, 9.17) is 4.74 Å². The maximum atomic E-state index is 13.2. The van der Waals surface area contributed by atoms with Gasteiger partial charge in [0.15, 0.2) is 0 Å². The van der Waals surface area contributed by atoms with Gasteiger partial charge in [-0.1, -0.05) is 42.5 Å². The van der Waals surface area contributed by atoms with Crippen molar-refractivity contribution in [3.63, 3.8) is 0 Å². The van der Waals surface area contributed by atoms with Gasteiger partial charge in [0.2, 0.25) is 15.9 Å². The van der Waals surface area contributed by atoms with E-state index in [-0.39, 0.29) is 17.4 Å². The molecule has 168 valence electrons. The van der Waals surface area contributed by atoms with Crippen LogP contribution in [0.5, 0.6) is 5.75 Å². The molecule has 0 fully saturated rings. The summed E-state index contributed by atoms with van der Waals surface area (Å²) in [4.78, 5) is 13.0. The summed E-state index contributed by atoms with van der Waals surface area (Å²) in [5.41, 5.74) is 1.64.